The lowest BCUT2D eigenvalue weighted by molar-refractivity contribution is -0.122. The van der Waals surface area contributed by atoms with Crippen LogP contribution in [0.1, 0.15) is 12.5 Å². The van der Waals surface area contributed by atoms with Crippen molar-refractivity contribution in [3.63, 3.8) is 0 Å². The van der Waals surface area contributed by atoms with Gasteiger partial charge in [-0.25, -0.2) is 0 Å². The molecule has 3 rings (SSSR count). The number of carbonyl (C=O) groups excluding carboxylic acids is 2. The van der Waals surface area contributed by atoms with Gasteiger partial charge in [-0.1, -0.05) is 17.7 Å². The molecule has 0 radical (unpaired) electrons. The zero-order chi connectivity index (χ0) is 19.9. The molecule has 0 atom stereocenters. The summed E-state index contributed by atoms with van der Waals surface area (Å²) in [5.41, 5.74) is 1.48. The minimum atomic E-state index is -0.271. The van der Waals surface area contributed by atoms with Crippen LogP contribution in [0.3, 0.4) is 0 Å². The Morgan fingerprint density at radius 3 is 2.75 bits per heavy atom. The molecule has 0 saturated carbocycles. The predicted octanol–water partition coefficient (Wildman–Crippen LogP) is 3.38. The van der Waals surface area contributed by atoms with Crippen molar-refractivity contribution in [2.24, 2.45) is 0 Å². The Morgan fingerprint density at radius 2 is 2.07 bits per heavy atom. The molecule has 0 spiro atoms. The van der Waals surface area contributed by atoms with E-state index in [-0.39, 0.29) is 18.4 Å². The van der Waals surface area contributed by atoms with Gasteiger partial charge in [0, 0.05) is 35.4 Å². The number of hydrogen-bond acceptors (Lipinski definition) is 5. The molecule has 2 aromatic rings. The van der Waals surface area contributed by atoms with Crippen molar-refractivity contribution in [1.29, 1.82) is 0 Å². The van der Waals surface area contributed by atoms with Crippen molar-refractivity contribution >= 4 is 40.9 Å². The maximum Gasteiger partial charge on any atom is 0.268 e. The highest BCUT2D eigenvalue weighted by Gasteiger charge is 2.27. The Hall–Kier alpha value is -2.51. The van der Waals surface area contributed by atoms with Gasteiger partial charge in [0.15, 0.2) is 0 Å². The van der Waals surface area contributed by atoms with Crippen molar-refractivity contribution in [2.45, 2.75) is 13.5 Å². The lowest BCUT2D eigenvalue weighted by atomic mass is 10.2. The molecule has 1 N–H and O–H groups in total. The Kier molecular flexibility index (Phi) is 6.95. The second kappa shape index (κ2) is 9.61. The molecule has 146 valence electrons. The topological polar surface area (TPSA) is 71.5 Å². The number of nitrogens with zero attached hydrogens (tertiary/aromatic N) is 2. The van der Waals surface area contributed by atoms with Gasteiger partial charge < -0.3 is 10.1 Å². The predicted molar refractivity (Wildman–Crippen MR) is 111 cm³/mol. The molecule has 2 amide bonds. The molecule has 0 saturated heterocycles. The highest BCUT2D eigenvalue weighted by atomic mass is 35.5. The monoisotopic (exact) mass is 417 g/mol. The third-order valence-corrected chi connectivity index (χ3v) is 5.43. The Balaban J connectivity index is 1.77. The second-order valence-electron chi connectivity index (χ2n) is 6.09. The van der Waals surface area contributed by atoms with Gasteiger partial charge in [0.2, 0.25) is 5.91 Å². The van der Waals surface area contributed by atoms with Crippen LogP contribution < -0.4 is 10.2 Å². The average molecular weight is 418 g/mol. The number of rotatable bonds is 6. The minimum Gasteiger partial charge on any atom is -0.496 e. The van der Waals surface area contributed by atoms with Crippen LogP contribution in [0.25, 0.3) is 0 Å². The molecule has 0 aliphatic carbocycles. The van der Waals surface area contributed by atoms with E-state index in [4.69, 9.17) is 16.3 Å². The Bertz CT molecular complexity index is 872. The molecule has 8 heteroatoms. The third kappa shape index (κ3) is 5.27. The molecule has 1 aliphatic heterocycles. The number of thioether (sulfide) groups is 1. The summed E-state index contributed by atoms with van der Waals surface area (Å²) in [6, 6.07) is 10.5. The molecule has 6 nitrogen and oxygen atoms in total. The molecule has 0 fully saturated rings. The van der Waals surface area contributed by atoms with E-state index in [1.807, 2.05) is 6.07 Å². The lowest BCUT2D eigenvalue weighted by Gasteiger charge is -2.26. The summed E-state index contributed by atoms with van der Waals surface area (Å²) in [6.45, 7) is 2.56. The molecule has 1 aliphatic rings. The lowest BCUT2D eigenvalue weighted by Crippen LogP contribution is -2.41. The summed E-state index contributed by atoms with van der Waals surface area (Å²) in [4.78, 5) is 31.7. The van der Waals surface area contributed by atoms with E-state index in [9.17, 15) is 9.59 Å². The number of halogens is 1. The zero-order valence-electron chi connectivity index (χ0n) is 15.4. The third-order valence-electron chi connectivity index (χ3n) is 4.06. The zero-order valence-corrected chi connectivity index (χ0v) is 16.9. The fourth-order valence-corrected chi connectivity index (χ4v) is 3.64. The van der Waals surface area contributed by atoms with Gasteiger partial charge in [-0.3, -0.25) is 19.5 Å². The second-order valence-corrected chi connectivity index (χ2v) is 7.63. The SMILES string of the molecule is CC1=C(C(=O)N(CC(=O)NCc2cccnc2)c2ccc(Cl)cc2)SCCO1. The van der Waals surface area contributed by atoms with Crippen LogP contribution >= 0.6 is 23.4 Å². The van der Waals surface area contributed by atoms with E-state index in [2.05, 4.69) is 10.3 Å². The average Bonchev–Trinajstić information content (AvgIpc) is 2.72. The summed E-state index contributed by atoms with van der Waals surface area (Å²) < 4.78 is 5.51. The van der Waals surface area contributed by atoms with Gasteiger partial charge in [0.25, 0.3) is 5.91 Å². The number of nitrogens with one attached hydrogen (secondary N) is 1. The fraction of sp³-hybridized carbons (Fsp3) is 0.250. The number of pyridine rings is 1. The van der Waals surface area contributed by atoms with Crippen LogP contribution in [0.5, 0.6) is 0 Å². The van der Waals surface area contributed by atoms with Crippen LogP contribution in [-0.4, -0.2) is 35.7 Å². The van der Waals surface area contributed by atoms with E-state index in [1.165, 1.54) is 16.7 Å². The van der Waals surface area contributed by atoms with Crippen molar-refractivity contribution in [1.82, 2.24) is 10.3 Å². The minimum absolute atomic E-state index is 0.113. The number of benzene rings is 1. The van der Waals surface area contributed by atoms with Gasteiger partial charge >= 0.3 is 0 Å². The smallest absolute Gasteiger partial charge is 0.268 e. The quantitative estimate of drug-likeness (QED) is 0.780. The normalized spacial score (nSPS) is 13.6. The first-order chi connectivity index (χ1) is 13.5. The van der Waals surface area contributed by atoms with Crippen LogP contribution in [0.2, 0.25) is 5.02 Å². The number of ether oxygens (including phenoxy) is 1. The van der Waals surface area contributed by atoms with Crippen molar-refractivity contribution in [2.75, 3.05) is 23.8 Å². The first-order valence-electron chi connectivity index (χ1n) is 8.74. The van der Waals surface area contributed by atoms with E-state index in [0.717, 1.165) is 5.56 Å². The number of allylic oxidation sites excluding steroid dienone is 1. The van der Waals surface area contributed by atoms with E-state index in [1.54, 1.807) is 49.6 Å². The molecule has 0 unspecified atom stereocenters. The summed E-state index contributed by atoms with van der Waals surface area (Å²) in [6.07, 6.45) is 3.36. The number of carbonyl (C=O) groups is 2. The standard InChI is InChI=1S/C20H20ClN3O3S/c1-14-19(28-10-9-27-14)20(26)24(17-6-4-16(21)5-7-17)13-18(25)23-12-15-3-2-8-22-11-15/h2-8,11H,9-10,12-13H2,1H3,(H,23,25). The van der Waals surface area contributed by atoms with E-state index < -0.39 is 0 Å². The molecule has 1 aromatic carbocycles. The Morgan fingerprint density at radius 1 is 1.29 bits per heavy atom. The molecule has 28 heavy (non-hydrogen) atoms. The van der Waals surface area contributed by atoms with Gasteiger partial charge in [-0.2, -0.15) is 0 Å². The van der Waals surface area contributed by atoms with Crippen LogP contribution in [0.4, 0.5) is 5.69 Å². The number of amides is 2. The van der Waals surface area contributed by atoms with Crippen molar-refractivity contribution in [3.05, 3.63) is 70.0 Å². The largest absolute Gasteiger partial charge is 0.496 e. The number of hydrogen-bond donors (Lipinski definition) is 1. The molecular weight excluding hydrogens is 398 g/mol. The molecule has 0 bridgehead atoms. The van der Waals surface area contributed by atoms with Gasteiger partial charge in [0.1, 0.15) is 17.2 Å². The molecule has 1 aromatic heterocycles. The summed E-state index contributed by atoms with van der Waals surface area (Å²) in [7, 11) is 0. The van der Waals surface area contributed by atoms with Crippen molar-refractivity contribution in [3.8, 4) is 0 Å². The number of anilines is 1. The number of aromatic nitrogens is 1. The van der Waals surface area contributed by atoms with Crippen molar-refractivity contribution < 1.29 is 14.3 Å². The van der Waals surface area contributed by atoms with Gasteiger partial charge in [-0.15, -0.1) is 11.8 Å². The molecular formula is C20H20ClN3O3S. The maximum atomic E-state index is 13.1. The van der Waals surface area contributed by atoms with Crippen LogP contribution in [-0.2, 0) is 20.9 Å². The fourth-order valence-electron chi connectivity index (χ4n) is 2.64. The summed E-state index contributed by atoms with van der Waals surface area (Å²) in [5, 5.41) is 3.38. The summed E-state index contributed by atoms with van der Waals surface area (Å²) >= 11 is 7.41. The van der Waals surface area contributed by atoms with E-state index in [0.29, 0.717) is 40.3 Å². The van der Waals surface area contributed by atoms with Gasteiger partial charge in [-0.05, 0) is 42.8 Å². The summed E-state index contributed by atoms with van der Waals surface area (Å²) in [5.74, 6) is 0.740. The highest BCUT2D eigenvalue weighted by molar-refractivity contribution is 8.04. The van der Waals surface area contributed by atoms with Gasteiger partial charge in [0.05, 0.1) is 6.61 Å². The maximum absolute atomic E-state index is 13.1. The van der Waals surface area contributed by atoms with E-state index >= 15 is 0 Å². The Labute approximate surface area is 172 Å². The van der Waals surface area contributed by atoms with Crippen LogP contribution in [0.15, 0.2) is 59.5 Å². The molecule has 2 heterocycles. The first kappa shape index (κ1) is 20.2. The first-order valence-corrected chi connectivity index (χ1v) is 10.1. The highest BCUT2D eigenvalue weighted by Crippen LogP contribution is 2.29. The van der Waals surface area contributed by atoms with Crippen LogP contribution in [0, 0.1) is 0 Å².